The third-order valence-electron chi connectivity index (χ3n) is 3.43. The zero-order chi connectivity index (χ0) is 12.3. The molecule has 2 heterocycles. The molecule has 2 rings (SSSR count). The van der Waals surface area contributed by atoms with E-state index in [4.69, 9.17) is 0 Å². The maximum Gasteiger partial charge on any atom is 0.138 e. The smallest absolute Gasteiger partial charge is 0.138 e. The minimum Gasteiger partial charge on any atom is -0.316 e. The van der Waals surface area contributed by atoms with Crippen molar-refractivity contribution in [1.82, 2.24) is 15.1 Å². The van der Waals surface area contributed by atoms with Gasteiger partial charge in [0.05, 0.1) is 5.69 Å². The van der Waals surface area contributed by atoms with E-state index in [0.717, 1.165) is 38.2 Å². The van der Waals surface area contributed by atoms with Gasteiger partial charge >= 0.3 is 0 Å². The monoisotopic (exact) mass is 235 g/mol. The second-order valence-corrected chi connectivity index (χ2v) is 4.62. The highest BCUT2D eigenvalue weighted by Crippen LogP contribution is 2.15. The molecule has 1 unspecified atom stereocenters. The van der Waals surface area contributed by atoms with Crippen molar-refractivity contribution in [1.29, 1.82) is 0 Å². The maximum atomic E-state index is 11.8. The first-order chi connectivity index (χ1) is 8.24. The standard InChI is InChI=1S/C13H21N3O/c1-3-11-8-12(16(4-2)15-11)7-10-9-14-6-5-13(10)17/h8,10,14H,3-7,9H2,1-2H3. The van der Waals surface area contributed by atoms with Crippen molar-refractivity contribution in [3.8, 4) is 0 Å². The Balaban J connectivity index is 2.11. The van der Waals surface area contributed by atoms with Crippen molar-refractivity contribution in [2.24, 2.45) is 5.92 Å². The number of hydrogen-bond donors (Lipinski definition) is 1. The number of carbonyl (C=O) groups is 1. The average molecular weight is 235 g/mol. The highest BCUT2D eigenvalue weighted by molar-refractivity contribution is 5.82. The molecular formula is C13H21N3O. The Morgan fingerprint density at radius 1 is 1.53 bits per heavy atom. The number of Topliss-reactive ketones (excluding diaryl/α,β-unsaturated/α-hetero) is 1. The molecular weight excluding hydrogens is 214 g/mol. The summed E-state index contributed by atoms with van der Waals surface area (Å²) in [5.41, 5.74) is 2.32. The van der Waals surface area contributed by atoms with Gasteiger partial charge in [0.15, 0.2) is 0 Å². The molecule has 1 atom stereocenters. The normalized spacial score (nSPS) is 20.8. The number of carbonyl (C=O) groups excluding carboxylic acids is 1. The third-order valence-corrected chi connectivity index (χ3v) is 3.43. The Morgan fingerprint density at radius 2 is 2.35 bits per heavy atom. The number of piperidine rings is 1. The largest absolute Gasteiger partial charge is 0.316 e. The van der Waals surface area contributed by atoms with Crippen LogP contribution < -0.4 is 5.32 Å². The summed E-state index contributed by atoms with van der Waals surface area (Å²) in [6.45, 7) is 6.73. The fourth-order valence-corrected chi connectivity index (χ4v) is 2.37. The van der Waals surface area contributed by atoms with E-state index >= 15 is 0 Å². The van der Waals surface area contributed by atoms with Gasteiger partial charge in [0.25, 0.3) is 0 Å². The van der Waals surface area contributed by atoms with Crippen LogP contribution in [0.5, 0.6) is 0 Å². The van der Waals surface area contributed by atoms with Gasteiger partial charge in [-0.05, 0) is 19.4 Å². The van der Waals surface area contributed by atoms with E-state index in [9.17, 15) is 4.79 Å². The zero-order valence-corrected chi connectivity index (χ0v) is 10.7. The highest BCUT2D eigenvalue weighted by Gasteiger charge is 2.23. The van der Waals surface area contributed by atoms with E-state index in [1.807, 2.05) is 4.68 Å². The summed E-state index contributed by atoms with van der Waals surface area (Å²) < 4.78 is 2.03. The molecule has 1 aliphatic heterocycles. The molecule has 94 valence electrons. The van der Waals surface area contributed by atoms with Gasteiger partial charge in [-0.25, -0.2) is 0 Å². The molecule has 1 aliphatic rings. The van der Waals surface area contributed by atoms with Gasteiger partial charge in [0.2, 0.25) is 0 Å². The lowest BCUT2D eigenvalue weighted by atomic mass is 9.93. The molecule has 0 aromatic carbocycles. The summed E-state index contributed by atoms with van der Waals surface area (Å²) in [5.74, 6) is 0.529. The maximum absolute atomic E-state index is 11.8. The SMILES string of the molecule is CCc1cc(CC2CNCCC2=O)n(CC)n1. The predicted octanol–water partition coefficient (Wildman–Crippen LogP) is 1.19. The number of aryl methyl sites for hydroxylation is 2. The molecule has 0 bridgehead atoms. The molecule has 0 amide bonds. The van der Waals surface area contributed by atoms with Crippen molar-refractivity contribution < 1.29 is 4.79 Å². The molecule has 1 saturated heterocycles. The summed E-state index contributed by atoms with van der Waals surface area (Å²) in [5, 5.41) is 7.82. The van der Waals surface area contributed by atoms with E-state index in [-0.39, 0.29) is 5.92 Å². The molecule has 17 heavy (non-hydrogen) atoms. The van der Waals surface area contributed by atoms with Crippen molar-refractivity contribution in [3.05, 3.63) is 17.5 Å². The zero-order valence-electron chi connectivity index (χ0n) is 10.7. The molecule has 4 nitrogen and oxygen atoms in total. The van der Waals surface area contributed by atoms with Crippen LogP contribution in [0.2, 0.25) is 0 Å². The molecule has 1 N–H and O–H groups in total. The first-order valence-electron chi connectivity index (χ1n) is 6.53. The Hall–Kier alpha value is -1.16. The molecule has 0 aliphatic carbocycles. The molecule has 1 aromatic heterocycles. The summed E-state index contributed by atoms with van der Waals surface area (Å²) in [4.78, 5) is 11.8. The van der Waals surface area contributed by atoms with Crippen LogP contribution >= 0.6 is 0 Å². The Labute approximate surface area is 102 Å². The van der Waals surface area contributed by atoms with Crippen LogP contribution in [0, 0.1) is 5.92 Å². The lowest BCUT2D eigenvalue weighted by Crippen LogP contribution is -2.38. The molecule has 0 spiro atoms. The molecule has 0 saturated carbocycles. The summed E-state index contributed by atoms with van der Waals surface area (Å²) in [6.07, 6.45) is 2.45. The van der Waals surface area contributed by atoms with Crippen LogP contribution in [-0.4, -0.2) is 28.7 Å². The van der Waals surface area contributed by atoms with Gasteiger partial charge in [-0.15, -0.1) is 0 Å². The first kappa shape index (κ1) is 12.3. The number of nitrogens with zero attached hydrogens (tertiary/aromatic N) is 2. The summed E-state index contributed by atoms with van der Waals surface area (Å²) >= 11 is 0. The first-order valence-corrected chi connectivity index (χ1v) is 6.53. The van der Waals surface area contributed by atoms with Crippen LogP contribution in [0.4, 0.5) is 0 Å². The second kappa shape index (κ2) is 5.45. The van der Waals surface area contributed by atoms with Crippen molar-refractivity contribution in [3.63, 3.8) is 0 Å². The van der Waals surface area contributed by atoms with E-state index < -0.39 is 0 Å². The fraction of sp³-hybridized carbons (Fsp3) is 0.692. The average Bonchev–Trinajstić information content (AvgIpc) is 2.74. The van der Waals surface area contributed by atoms with Crippen LogP contribution in [-0.2, 0) is 24.2 Å². The topological polar surface area (TPSA) is 46.9 Å². The predicted molar refractivity (Wildman–Crippen MR) is 67.0 cm³/mol. The minimum absolute atomic E-state index is 0.135. The Bertz CT molecular complexity index is 397. The van der Waals surface area contributed by atoms with Gasteiger partial charge in [0.1, 0.15) is 5.78 Å². The number of rotatable bonds is 4. The fourth-order valence-electron chi connectivity index (χ4n) is 2.37. The quantitative estimate of drug-likeness (QED) is 0.852. The number of ketones is 1. The van der Waals surface area contributed by atoms with Gasteiger partial charge in [-0.3, -0.25) is 9.48 Å². The van der Waals surface area contributed by atoms with Gasteiger partial charge in [-0.2, -0.15) is 5.10 Å². The summed E-state index contributed by atoms with van der Waals surface area (Å²) in [7, 11) is 0. The molecule has 4 heteroatoms. The van der Waals surface area contributed by atoms with Crippen LogP contribution in [0.3, 0.4) is 0 Å². The Kier molecular flexibility index (Phi) is 3.94. The number of nitrogens with one attached hydrogen (secondary N) is 1. The lowest BCUT2D eigenvalue weighted by molar-refractivity contribution is -0.123. The van der Waals surface area contributed by atoms with Crippen molar-refractivity contribution in [2.45, 2.75) is 39.7 Å². The van der Waals surface area contributed by atoms with Crippen LogP contribution in [0.15, 0.2) is 6.07 Å². The van der Waals surface area contributed by atoms with Crippen molar-refractivity contribution >= 4 is 5.78 Å². The van der Waals surface area contributed by atoms with Gasteiger partial charge in [-0.1, -0.05) is 6.92 Å². The summed E-state index contributed by atoms with van der Waals surface area (Å²) in [6, 6.07) is 2.14. The number of aromatic nitrogens is 2. The van der Waals surface area contributed by atoms with E-state index in [1.165, 1.54) is 5.69 Å². The number of hydrogen-bond acceptors (Lipinski definition) is 3. The Morgan fingerprint density at radius 3 is 3.00 bits per heavy atom. The van der Waals surface area contributed by atoms with E-state index in [2.05, 4.69) is 30.3 Å². The second-order valence-electron chi connectivity index (χ2n) is 4.62. The van der Waals surface area contributed by atoms with Crippen molar-refractivity contribution in [2.75, 3.05) is 13.1 Å². The third kappa shape index (κ3) is 2.75. The highest BCUT2D eigenvalue weighted by atomic mass is 16.1. The molecule has 0 radical (unpaired) electrons. The van der Waals surface area contributed by atoms with E-state index in [0.29, 0.717) is 12.2 Å². The van der Waals surface area contributed by atoms with Gasteiger partial charge in [0, 0.05) is 44.1 Å². The minimum atomic E-state index is 0.135. The van der Waals surface area contributed by atoms with Crippen LogP contribution in [0.25, 0.3) is 0 Å². The van der Waals surface area contributed by atoms with E-state index in [1.54, 1.807) is 0 Å². The molecule has 1 aromatic rings. The van der Waals surface area contributed by atoms with Gasteiger partial charge < -0.3 is 5.32 Å². The lowest BCUT2D eigenvalue weighted by Gasteiger charge is -2.21. The van der Waals surface area contributed by atoms with Crippen LogP contribution in [0.1, 0.15) is 31.7 Å². The molecule has 1 fully saturated rings.